The van der Waals surface area contributed by atoms with E-state index < -0.39 is 47.4 Å². The molecule has 27 heavy (non-hydrogen) atoms. The van der Waals surface area contributed by atoms with Crippen LogP contribution in [0.1, 0.15) is 52.9 Å². The maximum absolute atomic E-state index is 12.8. The zero-order valence-corrected chi connectivity index (χ0v) is 16.4. The van der Waals surface area contributed by atoms with Gasteiger partial charge in [-0.1, -0.05) is 12.8 Å². The Kier molecular flexibility index (Phi) is 6.84. The number of cyclic esters (lactones) is 1. The molecule has 2 rings (SSSR count). The average molecular weight is 383 g/mol. The molecule has 4 unspecified atom stereocenters. The number of methoxy groups -OCH3 is 1. The molecule has 1 saturated carbocycles. The Morgan fingerprint density at radius 2 is 1.81 bits per heavy atom. The number of Topliss-reactive ketones (excluding diaryl/α,β-unsaturated/α-hetero) is 1. The fraction of sp³-hybridized carbons (Fsp3) is 0.789. The molecule has 4 atom stereocenters. The number of hydrogen-bond acceptors (Lipinski definition) is 7. The summed E-state index contributed by atoms with van der Waals surface area (Å²) < 4.78 is 15.4. The second-order valence-electron chi connectivity index (χ2n) is 8.18. The summed E-state index contributed by atoms with van der Waals surface area (Å²) in [5.41, 5.74) is -0.714. The minimum atomic E-state index is -0.994. The van der Waals surface area contributed by atoms with E-state index in [1.807, 2.05) is 0 Å². The highest BCUT2D eigenvalue weighted by atomic mass is 16.6. The summed E-state index contributed by atoms with van der Waals surface area (Å²) in [6, 6.07) is -0.994. The molecule has 0 aromatic carbocycles. The van der Waals surface area contributed by atoms with Crippen LogP contribution in [-0.4, -0.2) is 49.2 Å². The zero-order chi connectivity index (χ0) is 20.2. The van der Waals surface area contributed by atoms with Crippen LogP contribution in [0, 0.1) is 17.8 Å². The third kappa shape index (κ3) is 5.68. The SMILES string of the molecule is COC(=O)C1CCCCC2C(=O)OCC(NC(=O)OC(C)(C)C)C(=O)CC12. The topological polar surface area (TPSA) is 108 Å². The molecule has 0 aromatic heterocycles. The largest absolute Gasteiger partial charge is 0.469 e. The van der Waals surface area contributed by atoms with E-state index in [-0.39, 0.29) is 18.8 Å². The molecule has 1 N–H and O–H groups in total. The molecule has 0 spiro atoms. The lowest BCUT2D eigenvalue weighted by atomic mass is 9.76. The fourth-order valence-corrected chi connectivity index (χ4v) is 3.77. The molecule has 1 aliphatic heterocycles. The quantitative estimate of drug-likeness (QED) is 0.574. The number of carbonyl (C=O) groups is 4. The van der Waals surface area contributed by atoms with Gasteiger partial charge in [-0.2, -0.15) is 0 Å². The summed E-state index contributed by atoms with van der Waals surface area (Å²) in [5.74, 6) is -2.64. The van der Waals surface area contributed by atoms with Gasteiger partial charge < -0.3 is 19.5 Å². The summed E-state index contributed by atoms with van der Waals surface area (Å²) in [6.07, 6.45) is 1.98. The normalized spacial score (nSPS) is 29.3. The van der Waals surface area contributed by atoms with Gasteiger partial charge in [0.05, 0.1) is 18.9 Å². The van der Waals surface area contributed by atoms with Crippen LogP contribution in [0.3, 0.4) is 0 Å². The van der Waals surface area contributed by atoms with Gasteiger partial charge in [-0.25, -0.2) is 4.79 Å². The van der Waals surface area contributed by atoms with Crippen LogP contribution in [-0.2, 0) is 28.6 Å². The predicted octanol–water partition coefficient (Wildman–Crippen LogP) is 1.99. The lowest BCUT2D eigenvalue weighted by Crippen LogP contribution is -2.50. The third-order valence-corrected chi connectivity index (χ3v) is 5.03. The summed E-state index contributed by atoms with van der Waals surface area (Å²) >= 11 is 0. The molecule has 152 valence electrons. The average Bonchev–Trinajstić information content (AvgIpc) is 2.77. The fourth-order valence-electron chi connectivity index (χ4n) is 3.77. The van der Waals surface area contributed by atoms with Crippen molar-refractivity contribution in [1.82, 2.24) is 5.32 Å². The van der Waals surface area contributed by atoms with E-state index in [9.17, 15) is 19.2 Å². The summed E-state index contributed by atoms with van der Waals surface area (Å²) in [4.78, 5) is 49.6. The molecular weight excluding hydrogens is 354 g/mol. The number of esters is 2. The van der Waals surface area contributed by atoms with Gasteiger partial charge in [0.1, 0.15) is 18.2 Å². The van der Waals surface area contributed by atoms with Gasteiger partial charge in [0.2, 0.25) is 0 Å². The van der Waals surface area contributed by atoms with Crippen LogP contribution in [0.5, 0.6) is 0 Å². The van der Waals surface area contributed by atoms with E-state index >= 15 is 0 Å². The maximum Gasteiger partial charge on any atom is 0.408 e. The van der Waals surface area contributed by atoms with Crippen molar-refractivity contribution >= 4 is 23.8 Å². The number of carbonyl (C=O) groups excluding carboxylic acids is 4. The third-order valence-electron chi connectivity index (χ3n) is 5.03. The van der Waals surface area contributed by atoms with Crippen molar-refractivity contribution in [3.63, 3.8) is 0 Å². The molecule has 8 nitrogen and oxygen atoms in total. The number of nitrogens with one attached hydrogen (secondary N) is 1. The molecule has 1 heterocycles. The van der Waals surface area contributed by atoms with E-state index in [1.54, 1.807) is 20.8 Å². The predicted molar refractivity (Wildman–Crippen MR) is 94.7 cm³/mol. The number of ketones is 1. The standard InChI is InChI=1S/C19H29NO7/c1-19(2,3)27-18(24)20-14-10-26-17(23)12-8-6-5-7-11(16(22)25-4)13(12)9-15(14)21/h11-14H,5-10H2,1-4H3,(H,20,24). The van der Waals surface area contributed by atoms with Crippen molar-refractivity contribution < 1.29 is 33.4 Å². The van der Waals surface area contributed by atoms with Crippen LogP contribution in [0.2, 0.25) is 0 Å². The van der Waals surface area contributed by atoms with Crippen molar-refractivity contribution in [2.24, 2.45) is 17.8 Å². The second kappa shape index (κ2) is 8.71. The van der Waals surface area contributed by atoms with Gasteiger partial charge in [-0.15, -0.1) is 0 Å². The van der Waals surface area contributed by atoms with Gasteiger partial charge in [0, 0.05) is 6.42 Å². The lowest BCUT2D eigenvalue weighted by molar-refractivity contribution is -0.159. The highest BCUT2D eigenvalue weighted by molar-refractivity contribution is 5.90. The number of hydrogen-bond donors (Lipinski definition) is 1. The molecule has 0 aromatic rings. The van der Waals surface area contributed by atoms with E-state index in [2.05, 4.69) is 5.32 Å². The van der Waals surface area contributed by atoms with E-state index in [4.69, 9.17) is 14.2 Å². The first-order valence-corrected chi connectivity index (χ1v) is 9.39. The van der Waals surface area contributed by atoms with E-state index in [0.717, 1.165) is 12.8 Å². The molecule has 8 heteroatoms. The molecule has 2 fully saturated rings. The second-order valence-corrected chi connectivity index (χ2v) is 8.18. The highest BCUT2D eigenvalue weighted by Gasteiger charge is 2.44. The van der Waals surface area contributed by atoms with Crippen LogP contribution < -0.4 is 5.32 Å². The smallest absolute Gasteiger partial charge is 0.408 e. The summed E-state index contributed by atoms with van der Waals surface area (Å²) in [5, 5.41) is 2.48. The van der Waals surface area contributed by atoms with Crippen LogP contribution in [0.4, 0.5) is 4.79 Å². The molecule has 1 saturated heterocycles. The Balaban J connectivity index is 2.18. The van der Waals surface area contributed by atoms with Gasteiger partial charge >= 0.3 is 18.0 Å². The first-order valence-electron chi connectivity index (χ1n) is 9.39. The number of rotatable bonds is 2. The van der Waals surface area contributed by atoms with Crippen molar-refractivity contribution in [2.75, 3.05) is 13.7 Å². The minimum absolute atomic E-state index is 0.0139. The minimum Gasteiger partial charge on any atom is -0.469 e. The van der Waals surface area contributed by atoms with Crippen molar-refractivity contribution in [1.29, 1.82) is 0 Å². The van der Waals surface area contributed by atoms with Crippen LogP contribution >= 0.6 is 0 Å². The Morgan fingerprint density at radius 1 is 1.15 bits per heavy atom. The maximum atomic E-state index is 12.8. The molecule has 1 aliphatic carbocycles. The zero-order valence-electron chi connectivity index (χ0n) is 16.4. The van der Waals surface area contributed by atoms with Gasteiger partial charge in [-0.05, 0) is 39.5 Å². The van der Waals surface area contributed by atoms with Gasteiger partial charge in [0.15, 0.2) is 5.78 Å². The van der Waals surface area contributed by atoms with Crippen molar-refractivity contribution in [3.05, 3.63) is 0 Å². The monoisotopic (exact) mass is 383 g/mol. The van der Waals surface area contributed by atoms with Crippen molar-refractivity contribution in [3.8, 4) is 0 Å². The summed E-state index contributed by atoms with van der Waals surface area (Å²) in [6.45, 7) is 4.90. The molecular formula is C19H29NO7. The Bertz CT molecular complexity index is 587. The summed E-state index contributed by atoms with van der Waals surface area (Å²) in [7, 11) is 1.30. The lowest BCUT2D eigenvalue weighted by Gasteiger charge is -2.32. The first-order chi connectivity index (χ1) is 12.6. The van der Waals surface area contributed by atoms with E-state index in [0.29, 0.717) is 12.8 Å². The molecule has 0 bridgehead atoms. The number of alkyl carbamates (subject to hydrolysis) is 1. The van der Waals surface area contributed by atoms with Crippen LogP contribution in [0.15, 0.2) is 0 Å². The molecule has 1 amide bonds. The van der Waals surface area contributed by atoms with Gasteiger partial charge in [-0.3, -0.25) is 14.4 Å². The Labute approximate surface area is 159 Å². The Hall–Kier alpha value is -2.12. The van der Waals surface area contributed by atoms with E-state index in [1.165, 1.54) is 7.11 Å². The number of amides is 1. The highest BCUT2D eigenvalue weighted by Crippen LogP contribution is 2.38. The first kappa shape index (κ1) is 21.2. The molecule has 0 radical (unpaired) electrons. The molecule has 2 aliphatic rings. The van der Waals surface area contributed by atoms with Crippen molar-refractivity contribution in [2.45, 2.75) is 64.5 Å². The Morgan fingerprint density at radius 3 is 2.44 bits per heavy atom. The number of ether oxygens (including phenoxy) is 3. The number of fused-ring (bicyclic) bond motifs is 1. The van der Waals surface area contributed by atoms with Crippen LogP contribution in [0.25, 0.3) is 0 Å². The van der Waals surface area contributed by atoms with Gasteiger partial charge in [0.25, 0.3) is 0 Å².